The molecule has 2 aromatic rings. The van der Waals surface area contributed by atoms with Crippen LogP contribution >= 0.6 is 12.4 Å². The molecule has 0 radical (unpaired) electrons. The zero-order valence-corrected chi connectivity index (χ0v) is 15.1. The lowest BCUT2D eigenvalue weighted by Crippen LogP contribution is -2.45. The van der Waals surface area contributed by atoms with Crippen LogP contribution in [0.1, 0.15) is 17.5 Å². The maximum absolute atomic E-state index is 12.2. The molecule has 2 N–H and O–H groups in total. The molecule has 1 heterocycles. The summed E-state index contributed by atoms with van der Waals surface area (Å²) in [6, 6.07) is 18.6. The topological polar surface area (TPSA) is 50.4 Å². The second-order valence-electron chi connectivity index (χ2n) is 6.09. The zero-order valence-electron chi connectivity index (χ0n) is 14.2. The van der Waals surface area contributed by atoms with E-state index in [4.69, 9.17) is 4.74 Å². The van der Waals surface area contributed by atoms with Crippen molar-refractivity contribution in [2.45, 2.75) is 25.4 Å². The van der Waals surface area contributed by atoms with Crippen LogP contribution in [0.15, 0.2) is 54.6 Å². The lowest BCUT2D eigenvalue weighted by molar-refractivity contribution is -0.128. The van der Waals surface area contributed by atoms with Gasteiger partial charge in [-0.15, -0.1) is 12.4 Å². The molecule has 0 bridgehead atoms. The van der Waals surface area contributed by atoms with E-state index in [1.165, 1.54) is 11.1 Å². The molecular weight excluding hydrogens is 336 g/mol. The van der Waals surface area contributed by atoms with Gasteiger partial charge in [-0.1, -0.05) is 42.5 Å². The van der Waals surface area contributed by atoms with E-state index in [-0.39, 0.29) is 18.3 Å². The summed E-state index contributed by atoms with van der Waals surface area (Å²) in [5.74, 6) is -0.0800. The summed E-state index contributed by atoms with van der Waals surface area (Å²) in [6.07, 6.45) is 2.76. The van der Waals surface area contributed by atoms with Gasteiger partial charge in [0.1, 0.15) is 6.10 Å². The maximum atomic E-state index is 12.2. The highest BCUT2D eigenvalue weighted by atomic mass is 35.5. The minimum absolute atomic E-state index is 0. The van der Waals surface area contributed by atoms with Gasteiger partial charge in [-0.05, 0) is 42.5 Å². The van der Waals surface area contributed by atoms with Gasteiger partial charge in [0, 0.05) is 18.8 Å². The molecule has 5 heteroatoms. The van der Waals surface area contributed by atoms with Crippen molar-refractivity contribution in [3.8, 4) is 0 Å². The van der Waals surface area contributed by atoms with E-state index < -0.39 is 6.10 Å². The summed E-state index contributed by atoms with van der Waals surface area (Å²) in [4.78, 5) is 12.2. The minimum atomic E-state index is -0.402. The van der Waals surface area contributed by atoms with Crippen LogP contribution in [0.2, 0.25) is 0 Å². The Morgan fingerprint density at radius 2 is 1.84 bits per heavy atom. The van der Waals surface area contributed by atoms with Gasteiger partial charge >= 0.3 is 0 Å². The first-order chi connectivity index (χ1) is 11.8. The molecule has 1 unspecified atom stereocenters. The summed E-state index contributed by atoms with van der Waals surface area (Å²) in [7, 11) is 0. The van der Waals surface area contributed by atoms with Crippen molar-refractivity contribution >= 4 is 24.0 Å². The third-order valence-corrected chi connectivity index (χ3v) is 4.19. The fourth-order valence-electron chi connectivity index (χ4n) is 2.90. The number of aryl methyl sites for hydroxylation is 2. The Bertz CT molecular complexity index is 658. The summed E-state index contributed by atoms with van der Waals surface area (Å²) < 4.78 is 5.48. The molecule has 4 nitrogen and oxygen atoms in total. The zero-order chi connectivity index (χ0) is 16.6. The molecule has 0 spiro atoms. The van der Waals surface area contributed by atoms with Gasteiger partial charge in [0.15, 0.2) is 0 Å². The number of halogens is 1. The SMILES string of the molecule is Cl.O=C(Nc1cccc(CCCc2ccccc2)c1)C1CNCCO1. The van der Waals surface area contributed by atoms with Gasteiger partial charge in [0.25, 0.3) is 5.91 Å². The molecule has 0 aromatic heterocycles. The van der Waals surface area contributed by atoms with Crippen molar-refractivity contribution in [1.29, 1.82) is 0 Å². The third-order valence-electron chi connectivity index (χ3n) is 4.19. The highest BCUT2D eigenvalue weighted by Crippen LogP contribution is 2.14. The van der Waals surface area contributed by atoms with Gasteiger partial charge in [-0.25, -0.2) is 0 Å². The van der Waals surface area contributed by atoms with E-state index in [0.717, 1.165) is 31.5 Å². The Balaban J connectivity index is 0.00000225. The van der Waals surface area contributed by atoms with Crippen molar-refractivity contribution in [1.82, 2.24) is 5.32 Å². The van der Waals surface area contributed by atoms with Crippen molar-refractivity contribution in [3.63, 3.8) is 0 Å². The van der Waals surface area contributed by atoms with E-state index >= 15 is 0 Å². The number of hydrogen-bond acceptors (Lipinski definition) is 3. The number of carbonyl (C=O) groups excluding carboxylic acids is 1. The van der Waals surface area contributed by atoms with Crippen molar-refractivity contribution in [2.75, 3.05) is 25.0 Å². The minimum Gasteiger partial charge on any atom is -0.366 e. The Labute approximate surface area is 155 Å². The molecule has 0 saturated carbocycles. The van der Waals surface area contributed by atoms with E-state index in [1.54, 1.807) is 0 Å². The van der Waals surface area contributed by atoms with Crippen LogP contribution in [0.5, 0.6) is 0 Å². The number of anilines is 1. The molecule has 3 rings (SSSR count). The average molecular weight is 361 g/mol. The third kappa shape index (κ3) is 6.16. The average Bonchev–Trinajstić information content (AvgIpc) is 2.64. The Morgan fingerprint density at radius 3 is 2.60 bits per heavy atom. The predicted octanol–water partition coefficient (Wildman–Crippen LogP) is 3.21. The normalized spacial score (nSPS) is 16.7. The summed E-state index contributed by atoms with van der Waals surface area (Å²) in [5.41, 5.74) is 3.45. The molecule has 0 aliphatic carbocycles. The molecule has 1 saturated heterocycles. The van der Waals surface area contributed by atoms with E-state index in [2.05, 4.69) is 47.0 Å². The summed E-state index contributed by atoms with van der Waals surface area (Å²) in [5, 5.41) is 6.13. The highest BCUT2D eigenvalue weighted by molar-refractivity contribution is 5.94. The quantitative estimate of drug-likeness (QED) is 0.831. The second-order valence-corrected chi connectivity index (χ2v) is 6.09. The van der Waals surface area contributed by atoms with Crippen LogP contribution in [0.25, 0.3) is 0 Å². The fraction of sp³-hybridized carbons (Fsp3) is 0.350. The lowest BCUT2D eigenvalue weighted by Gasteiger charge is -2.22. The van der Waals surface area contributed by atoms with Gasteiger partial charge in [-0.2, -0.15) is 0 Å². The molecule has 1 amide bonds. The highest BCUT2D eigenvalue weighted by Gasteiger charge is 2.21. The van der Waals surface area contributed by atoms with Gasteiger partial charge in [-0.3, -0.25) is 4.79 Å². The molecule has 134 valence electrons. The molecule has 1 atom stereocenters. The largest absolute Gasteiger partial charge is 0.366 e. The van der Waals surface area contributed by atoms with Gasteiger partial charge in [0.2, 0.25) is 0 Å². The Hall–Kier alpha value is -1.88. The standard InChI is InChI=1S/C20H24N2O2.ClH/c23-20(19-15-21-12-13-24-19)22-18-11-5-10-17(14-18)9-4-8-16-6-2-1-3-7-16;/h1-3,5-7,10-11,14,19,21H,4,8-9,12-13,15H2,(H,22,23);1H. The van der Waals surface area contributed by atoms with E-state index in [1.807, 2.05) is 18.2 Å². The number of carbonyl (C=O) groups is 1. The fourth-order valence-corrected chi connectivity index (χ4v) is 2.90. The van der Waals surface area contributed by atoms with Crippen LogP contribution in [-0.2, 0) is 22.4 Å². The predicted molar refractivity (Wildman–Crippen MR) is 103 cm³/mol. The second kappa shape index (κ2) is 10.2. The summed E-state index contributed by atoms with van der Waals surface area (Å²) >= 11 is 0. The molecule has 25 heavy (non-hydrogen) atoms. The van der Waals surface area contributed by atoms with Crippen LogP contribution in [0.4, 0.5) is 5.69 Å². The van der Waals surface area contributed by atoms with Gasteiger partial charge < -0.3 is 15.4 Å². The van der Waals surface area contributed by atoms with Crippen LogP contribution in [0, 0.1) is 0 Å². The Morgan fingerprint density at radius 1 is 1.08 bits per heavy atom. The smallest absolute Gasteiger partial charge is 0.254 e. The number of benzene rings is 2. The van der Waals surface area contributed by atoms with Gasteiger partial charge in [0.05, 0.1) is 6.61 Å². The first-order valence-corrected chi connectivity index (χ1v) is 8.57. The monoisotopic (exact) mass is 360 g/mol. The molecule has 1 aliphatic heterocycles. The summed E-state index contributed by atoms with van der Waals surface area (Å²) in [6.45, 7) is 1.96. The number of morpholine rings is 1. The number of hydrogen-bond donors (Lipinski definition) is 2. The van der Waals surface area contributed by atoms with Crippen molar-refractivity contribution < 1.29 is 9.53 Å². The molecule has 1 fully saturated rings. The van der Waals surface area contributed by atoms with Crippen molar-refractivity contribution in [3.05, 3.63) is 65.7 Å². The van der Waals surface area contributed by atoms with E-state index in [0.29, 0.717) is 13.2 Å². The lowest BCUT2D eigenvalue weighted by atomic mass is 10.0. The van der Waals surface area contributed by atoms with Crippen molar-refractivity contribution in [2.24, 2.45) is 0 Å². The molecule has 2 aromatic carbocycles. The maximum Gasteiger partial charge on any atom is 0.254 e. The first kappa shape index (κ1) is 19.4. The number of ether oxygens (including phenoxy) is 1. The van der Waals surface area contributed by atoms with E-state index in [9.17, 15) is 4.79 Å². The van der Waals surface area contributed by atoms with Crippen LogP contribution < -0.4 is 10.6 Å². The van der Waals surface area contributed by atoms with Crippen LogP contribution in [0.3, 0.4) is 0 Å². The molecule has 1 aliphatic rings. The number of nitrogens with one attached hydrogen (secondary N) is 2. The van der Waals surface area contributed by atoms with Crippen LogP contribution in [-0.4, -0.2) is 31.7 Å². The number of rotatable bonds is 6. The Kier molecular flexibility index (Phi) is 7.92. The first-order valence-electron chi connectivity index (χ1n) is 8.57. The molecular formula is C20H25ClN2O2. The number of amides is 1.